The van der Waals surface area contributed by atoms with Crippen LogP contribution in [0.1, 0.15) is 23.0 Å². The highest BCUT2D eigenvalue weighted by Crippen LogP contribution is 2.21. The Morgan fingerprint density at radius 3 is 2.72 bits per heavy atom. The van der Waals surface area contributed by atoms with E-state index in [0.717, 1.165) is 0 Å². The molecule has 3 aromatic rings. The van der Waals surface area contributed by atoms with Crippen LogP contribution in [-0.4, -0.2) is 20.8 Å². The van der Waals surface area contributed by atoms with Gasteiger partial charge in [0.25, 0.3) is 0 Å². The molecule has 0 bridgehead atoms. The number of benzene rings is 1. The van der Waals surface area contributed by atoms with Crippen LogP contribution < -0.4 is 10.6 Å². The van der Waals surface area contributed by atoms with E-state index in [2.05, 4.69) is 20.7 Å². The Morgan fingerprint density at radius 1 is 1.24 bits per heavy atom. The number of carbonyl (C=O) groups excluding carboxylic acids is 1. The molecular formula is C18H18FN5O. The van der Waals surface area contributed by atoms with E-state index in [9.17, 15) is 9.18 Å². The molecule has 0 saturated heterocycles. The van der Waals surface area contributed by atoms with Gasteiger partial charge in [0.15, 0.2) is 0 Å². The molecule has 2 N–H and O–H groups in total. The Balaban J connectivity index is 1.85. The summed E-state index contributed by atoms with van der Waals surface area (Å²) in [5, 5.41) is 9.79. The smallest absolute Gasteiger partial charge is 0.320 e. The quantitative estimate of drug-likeness (QED) is 0.767. The van der Waals surface area contributed by atoms with Crippen molar-refractivity contribution in [3.05, 3.63) is 77.6 Å². The van der Waals surface area contributed by atoms with Crippen LogP contribution in [0.25, 0.3) is 0 Å². The molecule has 0 aliphatic rings. The lowest BCUT2D eigenvalue weighted by molar-refractivity contribution is 0.250. The minimum atomic E-state index is -0.575. The minimum Gasteiger partial charge on any atom is -0.325 e. The van der Waals surface area contributed by atoms with Crippen LogP contribution in [0.5, 0.6) is 0 Å². The number of rotatable bonds is 4. The van der Waals surface area contributed by atoms with E-state index in [1.165, 1.54) is 12.1 Å². The Labute approximate surface area is 144 Å². The first-order valence-electron chi connectivity index (χ1n) is 7.77. The van der Waals surface area contributed by atoms with E-state index in [1.54, 1.807) is 55.3 Å². The molecule has 0 aliphatic heterocycles. The van der Waals surface area contributed by atoms with Crippen molar-refractivity contribution >= 4 is 11.7 Å². The van der Waals surface area contributed by atoms with Crippen molar-refractivity contribution in [3.63, 3.8) is 0 Å². The van der Waals surface area contributed by atoms with Gasteiger partial charge >= 0.3 is 6.03 Å². The van der Waals surface area contributed by atoms with Gasteiger partial charge in [0.05, 0.1) is 23.1 Å². The first kappa shape index (κ1) is 16.6. The molecule has 1 atom stereocenters. The Morgan fingerprint density at radius 2 is 2.08 bits per heavy atom. The SMILES string of the molecule is Cc1nn(C)cc1NC(=O)N[C@H](c1cccc(F)c1)c1ccccn1. The monoisotopic (exact) mass is 339 g/mol. The number of carbonyl (C=O) groups is 1. The Bertz CT molecular complexity index is 878. The molecule has 128 valence electrons. The maximum atomic E-state index is 13.6. The van der Waals surface area contributed by atoms with Gasteiger partial charge in [-0.05, 0) is 36.8 Å². The maximum absolute atomic E-state index is 13.6. The topological polar surface area (TPSA) is 71.8 Å². The third kappa shape index (κ3) is 4.00. The zero-order valence-electron chi connectivity index (χ0n) is 13.9. The summed E-state index contributed by atoms with van der Waals surface area (Å²) >= 11 is 0. The summed E-state index contributed by atoms with van der Waals surface area (Å²) in [7, 11) is 1.78. The van der Waals surface area contributed by atoms with E-state index in [0.29, 0.717) is 22.6 Å². The summed E-state index contributed by atoms with van der Waals surface area (Å²) in [6.45, 7) is 1.80. The molecule has 3 rings (SSSR count). The van der Waals surface area contributed by atoms with Crippen molar-refractivity contribution in [1.29, 1.82) is 0 Å². The van der Waals surface area contributed by atoms with Gasteiger partial charge in [-0.2, -0.15) is 5.10 Å². The second-order valence-corrected chi connectivity index (χ2v) is 5.64. The number of amides is 2. The highest BCUT2D eigenvalue weighted by molar-refractivity contribution is 5.90. The van der Waals surface area contributed by atoms with Gasteiger partial charge < -0.3 is 10.6 Å². The number of aromatic nitrogens is 3. The summed E-state index contributed by atoms with van der Waals surface area (Å²) in [6, 6.07) is 10.5. The van der Waals surface area contributed by atoms with Crippen LogP contribution in [0.2, 0.25) is 0 Å². The van der Waals surface area contributed by atoms with E-state index in [-0.39, 0.29) is 5.82 Å². The summed E-state index contributed by atoms with van der Waals surface area (Å²) in [5.74, 6) is -0.372. The number of urea groups is 1. The van der Waals surface area contributed by atoms with Crippen LogP contribution in [-0.2, 0) is 7.05 Å². The van der Waals surface area contributed by atoms with Gasteiger partial charge in [0.2, 0.25) is 0 Å². The number of hydrogen-bond donors (Lipinski definition) is 2. The molecule has 0 spiro atoms. The number of halogens is 1. The fourth-order valence-corrected chi connectivity index (χ4v) is 2.57. The Kier molecular flexibility index (Phi) is 4.74. The molecule has 2 amide bonds. The van der Waals surface area contributed by atoms with Crippen molar-refractivity contribution in [2.24, 2.45) is 7.05 Å². The van der Waals surface area contributed by atoms with Gasteiger partial charge in [-0.25, -0.2) is 9.18 Å². The van der Waals surface area contributed by atoms with Crippen molar-refractivity contribution in [2.75, 3.05) is 5.32 Å². The summed E-state index contributed by atoms with van der Waals surface area (Å²) in [6.07, 6.45) is 3.35. The molecule has 2 aromatic heterocycles. The number of anilines is 1. The standard InChI is InChI=1S/C18H18FN5O/c1-12-16(11-24(2)23-12)21-18(25)22-17(15-8-3-4-9-20-15)13-6-5-7-14(19)10-13/h3-11,17H,1-2H3,(H2,21,22,25)/t17-/m1/s1. The second-order valence-electron chi connectivity index (χ2n) is 5.64. The van der Waals surface area contributed by atoms with Crippen molar-refractivity contribution < 1.29 is 9.18 Å². The maximum Gasteiger partial charge on any atom is 0.320 e. The van der Waals surface area contributed by atoms with Crippen LogP contribution in [0, 0.1) is 12.7 Å². The number of pyridine rings is 1. The predicted octanol–water partition coefficient (Wildman–Crippen LogP) is 3.17. The average Bonchev–Trinajstić information content (AvgIpc) is 2.90. The number of aryl methyl sites for hydroxylation is 2. The van der Waals surface area contributed by atoms with Gasteiger partial charge in [-0.15, -0.1) is 0 Å². The molecule has 0 unspecified atom stereocenters. The highest BCUT2D eigenvalue weighted by atomic mass is 19.1. The lowest BCUT2D eigenvalue weighted by Gasteiger charge is -2.19. The van der Waals surface area contributed by atoms with Gasteiger partial charge in [-0.1, -0.05) is 18.2 Å². The molecule has 0 aliphatic carbocycles. The van der Waals surface area contributed by atoms with E-state index in [1.807, 2.05) is 6.07 Å². The molecule has 0 fully saturated rings. The fourth-order valence-electron chi connectivity index (χ4n) is 2.57. The summed E-state index contributed by atoms with van der Waals surface area (Å²) in [5.41, 5.74) is 2.54. The zero-order valence-corrected chi connectivity index (χ0v) is 13.9. The second kappa shape index (κ2) is 7.12. The summed E-state index contributed by atoms with van der Waals surface area (Å²) < 4.78 is 15.2. The number of nitrogens with one attached hydrogen (secondary N) is 2. The molecule has 6 nitrogen and oxygen atoms in total. The average molecular weight is 339 g/mol. The van der Waals surface area contributed by atoms with Crippen LogP contribution in [0.4, 0.5) is 14.9 Å². The van der Waals surface area contributed by atoms with Crippen molar-refractivity contribution in [3.8, 4) is 0 Å². The fraction of sp³-hybridized carbons (Fsp3) is 0.167. The molecule has 2 heterocycles. The van der Waals surface area contributed by atoms with Crippen LogP contribution >= 0.6 is 0 Å². The van der Waals surface area contributed by atoms with E-state index >= 15 is 0 Å². The zero-order chi connectivity index (χ0) is 17.8. The van der Waals surface area contributed by atoms with Gasteiger partial charge in [0.1, 0.15) is 5.82 Å². The largest absolute Gasteiger partial charge is 0.325 e. The number of nitrogens with zero attached hydrogens (tertiary/aromatic N) is 3. The molecule has 25 heavy (non-hydrogen) atoms. The number of hydrogen-bond acceptors (Lipinski definition) is 3. The molecular weight excluding hydrogens is 321 g/mol. The third-order valence-corrected chi connectivity index (χ3v) is 3.70. The van der Waals surface area contributed by atoms with Crippen molar-refractivity contribution in [1.82, 2.24) is 20.1 Å². The van der Waals surface area contributed by atoms with Crippen molar-refractivity contribution in [2.45, 2.75) is 13.0 Å². The Hall–Kier alpha value is -3.22. The summed E-state index contributed by atoms with van der Waals surface area (Å²) in [4.78, 5) is 16.7. The van der Waals surface area contributed by atoms with E-state index < -0.39 is 12.1 Å². The van der Waals surface area contributed by atoms with Gasteiger partial charge in [-0.3, -0.25) is 9.67 Å². The van der Waals surface area contributed by atoms with Crippen LogP contribution in [0.3, 0.4) is 0 Å². The third-order valence-electron chi connectivity index (χ3n) is 3.70. The lowest BCUT2D eigenvalue weighted by atomic mass is 10.0. The normalized spacial score (nSPS) is 11.8. The predicted molar refractivity (Wildman–Crippen MR) is 92.6 cm³/mol. The molecule has 1 aromatic carbocycles. The lowest BCUT2D eigenvalue weighted by Crippen LogP contribution is -2.33. The molecule has 0 radical (unpaired) electrons. The minimum absolute atomic E-state index is 0.372. The van der Waals surface area contributed by atoms with Crippen LogP contribution in [0.15, 0.2) is 54.9 Å². The first-order chi connectivity index (χ1) is 12.0. The molecule has 0 saturated carbocycles. The first-order valence-corrected chi connectivity index (χ1v) is 7.77. The highest BCUT2D eigenvalue weighted by Gasteiger charge is 2.19. The molecule has 7 heteroatoms. The van der Waals surface area contributed by atoms with Gasteiger partial charge in [0, 0.05) is 19.4 Å². The van der Waals surface area contributed by atoms with E-state index in [4.69, 9.17) is 0 Å².